The molecule has 0 atom stereocenters. The molecule has 0 amide bonds. The number of carbonyl (C=O) groups excluding carboxylic acids is 1. The largest absolute Gasteiger partial charge is 0.374 e. The summed E-state index contributed by atoms with van der Waals surface area (Å²) in [7, 11) is 1.78. The first-order valence-corrected chi connectivity index (χ1v) is 3.83. The van der Waals surface area contributed by atoms with E-state index in [4.69, 9.17) is 4.74 Å². The molecule has 0 bridgehead atoms. The van der Waals surface area contributed by atoms with Gasteiger partial charge in [0.05, 0.1) is 12.5 Å². The van der Waals surface area contributed by atoms with Crippen molar-refractivity contribution in [1.82, 2.24) is 9.55 Å². The molecule has 1 heterocycles. The lowest BCUT2D eigenvalue weighted by molar-refractivity contribution is 0.0775. The maximum atomic E-state index is 11.3. The Balaban J connectivity index is 2.59. The van der Waals surface area contributed by atoms with Crippen molar-refractivity contribution in [3.63, 3.8) is 0 Å². The first kappa shape index (κ1) is 8.93. The van der Waals surface area contributed by atoms with Gasteiger partial charge < -0.3 is 9.30 Å². The monoisotopic (exact) mass is 168 g/mol. The predicted molar refractivity (Wildman–Crippen MR) is 44.0 cm³/mol. The van der Waals surface area contributed by atoms with Gasteiger partial charge in [-0.2, -0.15) is 0 Å². The Bertz CT molecular complexity index is 268. The second-order valence-corrected chi connectivity index (χ2v) is 2.45. The average Bonchev–Trinajstić information content (AvgIpc) is 2.47. The van der Waals surface area contributed by atoms with Crippen LogP contribution in [0.5, 0.6) is 0 Å². The van der Waals surface area contributed by atoms with E-state index in [1.807, 2.05) is 6.92 Å². The lowest BCUT2D eigenvalue weighted by Gasteiger charge is -2.00. The Kier molecular flexibility index (Phi) is 2.99. The highest BCUT2D eigenvalue weighted by Crippen LogP contribution is 1.97. The van der Waals surface area contributed by atoms with Crippen LogP contribution in [0.1, 0.15) is 17.4 Å². The number of carbonyl (C=O) groups is 1. The van der Waals surface area contributed by atoms with E-state index < -0.39 is 0 Å². The Morgan fingerprint density at radius 2 is 2.50 bits per heavy atom. The normalized spacial score (nSPS) is 10.2. The van der Waals surface area contributed by atoms with Crippen molar-refractivity contribution in [1.29, 1.82) is 0 Å². The van der Waals surface area contributed by atoms with E-state index in [9.17, 15) is 4.79 Å². The molecule has 0 fully saturated rings. The van der Waals surface area contributed by atoms with Crippen LogP contribution < -0.4 is 0 Å². The molecular formula is C8H12N2O2. The molecule has 0 aliphatic rings. The molecule has 1 aromatic heterocycles. The summed E-state index contributed by atoms with van der Waals surface area (Å²) in [6.07, 6.45) is 3.14. The van der Waals surface area contributed by atoms with E-state index in [0.717, 1.165) is 0 Å². The van der Waals surface area contributed by atoms with Crippen molar-refractivity contribution in [2.24, 2.45) is 7.05 Å². The van der Waals surface area contributed by atoms with E-state index >= 15 is 0 Å². The Labute approximate surface area is 71.2 Å². The van der Waals surface area contributed by atoms with Crippen LogP contribution in [0.2, 0.25) is 0 Å². The molecule has 0 radical (unpaired) electrons. The van der Waals surface area contributed by atoms with Gasteiger partial charge in [-0.25, -0.2) is 4.98 Å². The van der Waals surface area contributed by atoms with Gasteiger partial charge in [0.25, 0.3) is 0 Å². The fourth-order valence-electron chi connectivity index (χ4n) is 0.895. The van der Waals surface area contributed by atoms with Crippen LogP contribution in [0, 0.1) is 0 Å². The van der Waals surface area contributed by atoms with E-state index in [2.05, 4.69) is 4.98 Å². The zero-order valence-corrected chi connectivity index (χ0v) is 7.28. The van der Waals surface area contributed by atoms with Gasteiger partial charge in [0.1, 0.15) is 12.3 Å². The van der Waals surface area contributed by atoms with Gasteiger partial charge in [0.2, 0.25) is 5.78 Å². The second-order valence-electron chi connectivity index (χ2n) is 2.45. The third kappa shape index (κ3) is 1.92. The molecule has 0 aliphatic carbocycles. The van der Waals surface area contributed by atoms with Gasteiger partial charge in [-0.1, -0.05) is 0 Å². The number of hydrogen-bond donors (Lipinski definition) is 0. The molecule has 4 nitrogen and oxygen atoms in total. The summed E-state index contributed by atoms with van der Waals surface area (Å²) in [6.45, 7) is 2.55. The van der Waals surface area contributed by atoms with Crippen molar-refractivity contribution >= 4 is 5.78 Å². The van der Waals surface area contributed by atoms with Gasteiger partial charge in [-0.05, 0) is 6.92 Å². The molecule has 1 rings (SSSR count). The highest BCUT2D eigenvalue weighted by atomic mass is 16.5. The molecule has 0 spiro atoms. The molecule has 0 unspecified atom stereocenters. The van der Waals surface area contributed by atoms with E-state index in [1.54, 1.807) is 24.1 Å². The lowest BCUT2D eigenvalue weighted by atomic mass is 10.3. The Hall–Kier alpha value is -1.16. The molecule has 0 N–H and O–H groups in total. The summed E-state index contributed by atoms with van der Waals surface area (Å²) in [5.41, 5.74) is 0.587. The zero-order chi connectivity index (χ0) is 8.97. The summed E-state index contributed by atoms with van der Waals surface area (Å²) in [5.74, 6) is -0.0307. The second kappa shape index (κ2) is 4.01. The summed E-state index contributed by atoms with van der Waals surface area (Å²) in [4.78, 5) is 15.1. The highest BCUT2D eigenvalue weighted by molar-refractivity contribution is 5.95. The minimum absolute atomic E-state index is 0.0307. The fraction of sp³-hybridized carbons (Fsp3) is 0.500. The van der Waals surface area contributed by atoms with Crippen LogP contribution in [0.15, 0.2) is 12.5 Å². The number of nitrogens with zero attached hydrogens (tertiary/aromatic N) is 2. The smallest absolute Gasteiger partial charge is 0.206 e. The quantitative estimate of drug-likeness (QED) is 0.620. The maximum Gasteiger partial charge on any atom is 0.206 e. The molecular weight excluding hydrogens is 156 g/mol. The third-order valence-electron chi connectivity index (χ3n) is 1.54. The van der Waals surface area contributed by atoms with Crippen LogP contribution in [0.4, 0.5) is 0 Å². The summed E-state index contributed by atoms with van der Waals surface area (Å²) in [5, 5.41) is 0. The van der Waals surface area contributed by atoms with Crippen LogP contribution in [-0.4, -0.2) is 28.5 Å². The van der Waals surface area contributed by atoms with Gasteiger partial charge in [0, 0.05) is 13.7 Å². The highest BCUT2D eigenvalue weighted by Gasteiger charge is 2.08. The van der Waals surface area contributed by atoms with Gasteiger partial charge >= 0.3 is 0 Å². The third-order valence-corrected chi connectivity index (χ3v) is 1.54. The molecule has 12 heavy (non-hydrogen) atoms. The van der Waals surface area contributed by atoms with Crippen LogP contribution in [0.3, 0.4) is 0 Å². The summed E-state index contributed by atoms with van der Waals surface area (Å²) in [6, 6.07) is 0. The number of imidazole rings is 1. The molecule has 1 aromatic rings. The van der Waals surface area contributed by atoms with E-state index in [1.165, 1.54) is 0 Å². The van der Waals surface area contributed by atoms with Crippen LogP contribution in [-0.2, 0) is 11.8 Å². The van der Waals surface area contributed by atoms with Crippen LogP contribution >= 0.6 is 0 Å². The molecule has 0 saturated heterocycles. The van der Waals surface area contributed by atoms with Crippen molar-refractivity contribution in [2.75, 3.05) is 13.2 Å². The van der Waals surface area contributed by atoms with E-state index in [0.29, 0.717) is 12.3 Å². The number of rotatable bonds is 4. The zero-order valence-electron chi connectivity index (χ0n) is 7.28. The molecule has 0 aromatic carbocycles. The van der Waals surface area contributed by atoms with Crippen LogP contribution in [0.25, 0.3) is 0 Å². The first-order chi connectivity index (χ1) is 5.75. The van der Waals surface area contributed by atoms with Crippen molar-refractivity contribution < 1.29 is 9.53 Å². The number of Topliss-reactive ketones (excluding diaryl/α,β-unsaturated/α-hetero) is 1. The Morgan fingerprint density at radius 3 is 3.00 bits per heavy atom. The summed E-state index contributed by atoms with van der Waals surface area (Å²) >= 11 is 0. The number of hydrogen-bond acceptors (Lipinski definition) is 3. The SMILES string of the molecule is CCOCC(=O)c1cncn1C. The average molecular weight is 168 g/mol. The van der Waals surface area contributed by atoms with Gasteiger partial charge in [-0.3, -0.25) is 4.79 Å². The Morgan fingerprint density at radius 1 is 1.75 bits per heavy atom. The standard InChI is InChI=1S/C8H12N2O2/c1-3-12-5-8(11)7-4-9-6-10(7)2/h4,6H,3,5H2,1-2H3. The number of ether oxygens (including phenoxy) is 1. The van der Waals surface area contributed by atoms with Crippen molar-refractivity contribution in [3.8, 4) is 0 Å². The lowest BCUT2D eigenvalue weighted by Crippen LogP contribution is -2.12. The molecule has 0 aliphatic heterocycles. The van der Waals surface area contributed by atoms with Crippen molar-refractivity contribution in [3.05, 3.63) is 18.2 Å². The summed E-state index contributed by atoms with van der Waals surface area (Å²) < 4.78 is 6.67. The number of aromatic nitrogens is 2. The minimum atomic E-state index is -0.0307. The van der Waals surface area contributed by atoms with Crippen molar-refractivity contribution in [2.45, 2.75) is 6.92 Å². The topological polar surface area (TPSA) is 44.1 Å². The van der Waals surface area contributed by atoms with E-state index in [-0.39, 0.29) is 12.4 Å². The van der Waals surface area contributed by atoms with Gasteiger partial charge in [0.15, 0.2) is 0 Å². The number of aryl methyl sites for hydroxylation is 1. The first-order valence-electron chi connectivity index (χ1n) is 3.83. The van der Waals surface area contributed by atoms with Gasteiger partial charge in [-0.15, -0.1) is 0 Å². The fourth-order valence-corrected chi connectivity index (χ4v) is 0.895. The molecule has 4 heteroatoms. The molecule has 66 valence electrons. The number of ketones is 1. The minimum Gasteiger partial charge on any atom is -0.374 e. The predicted octanol–water partition coefficient (Wildman–Crippen LogP) is 0.639. The maximum absolute atomic E-state index is 11.3. The molecule has 0 saturated carbocycles.